The topological polar surface area (TPSA) is 51.5 Å². The maximum absolute atomic E-state index is 13.1. The number of rotatable bonds is 5. The zero-order valence-corrected chi connectivity index (χ0v) is 14.7. The third-order valence-corrected chi connectivity index (χ3v) is 4.98. The maximum Gasteiger partial charge on any atom is 0.204 e. The lowest BCUT2D eigenvalue weighted by Gasteiger charge is -2.23. The Balaban J connectivity index is 1.61. The third-order valence-electron chi connectivity index (χ3n) is 4.98. The van der Waals surface area contributed by atoms with E-state index in [0.717, 1.165) is 18.5 Å². The summed E-state index contributed by atoms with van der Waals surface area (Å²) in [5, 5.41) is 4.04. The van der Waals surface area contributed by atoms with Gasteiger partial charge < -0.3 is 14.5 Å². The molecule has 1 atom stereocenters. The largest absolute Gasteiger partial charge is 0.493 e. The Morgan fingerprint density at radius 3 is 2.77 bits per heavy atom. The number of ether oxygens (including phenoxy) is 1. The van der Waals surface area contributed by atoms with Crippen LogP contribution >= 0.6 is 0 Å². The number of nitrogens with one attached hydrogen (secondary N) is 1. The fourth-order valence-electron chi connectivity index (χ4n) is 3.56. The highest BCUT2D eigenvalue weighted by Gasteiger charge is 2.15. The first kappa shape index (κ1) is 16.9. The molecule has 1 aromatic heterocycles. The molecule has 4 nitrogen and oxygen atoms in total. The van der Waals surface area contributed by atoms with Gasteiger partial charge in [0.05, 0.1) is 12.2 Å². The standard InChI is InChI=1S/C22H23NO3/c24-22-18(16-7-2-1-3-8-16)15-26-20-11-6-10-19(21(20)22)25-14-12-17-9-4-5-13-23-17/h1-3,6-8,10-11,15,17,23H,4-5,9,12-14H2. The summed E-state index contributed by atoms with van der Waals surface area (Å²) in [6.45, 7) is 1.68. The molecule has 2 aromatic carbocycles. The van der Waals surface area contributed by atoms with Crippen molar-refractivity contribution < 1.29 is 9.15 Å². The first-order valence-electron chi connectivity index (χ1n) is 9.29. The van der Waals surface area contributed by atoms with Gasteiger partial charge in [-0.05, 0) is 43.5 Å². The van der Waals surface area contributed by atoms with Crippen molar-refractivity contribution in [3.8, 4) is 16.9 Å². The molecular formula is C22H23NO3. The molecule has 0 spiro atoms. The Morgan fingerprint density at radius 2 is 1.96 bits per heavy atom. The van der Waals surface area contributed by atoms with E-state index in [1.54, 1.807) is 6.07 Å². The molecule has 26 heavy (non-hydrogen) atoms. The zero-order valence-electron chi connectivity index (χ0n) is 14.7. The van der Waals surface area contributed by atoms with Crippen molar-refractivity contribution in [1.29, 1.82) is 0 Å². The second kappa shape index (κ2) is 7.75. The summed E-state index contributed by atoms with van der Waals surface area (Å²) in [7, 11) is 0. The predicted octanol–water partition coefficient (Wildman–Crippen LogP) is 4.37. The van der Waals surface area contributed by atoms with E-state index in [1.807, 2.05) is 42.5 Å². The van der Waals surface area contributed by atoms with Crippen LogP contribution < -0.4 is 15.5 Å². The van der Waals surface area contributed by atoms with Crippen LogP contribution in [-0.4, -0.2) is 19.2 Å². The predicted molar refractivity (Wildman–Crippen MR) is 104 cm³/mol. The van der Waals surface area contributed by atoms with Crippen molar-refractivity contribution in [2.75, 3.05) is 13.2 Å². The second-order valence-corrected chi connectivity index (χ2v) is 6.76. The van der Waals surface area contributed by atoms with Crippen molar-refractivity contribution in [3.63, 3.8) is 0 Å². The Hall–Kier alpha value is -2.59. The normalized spacial score (nSPS) is 17.3. The zero-order chi connectivity index (χ0) is 17.8. The maximum atomic E-state index is 13.1. The van der Waals surface area contributed by atoms with Crippen molar-refractivity contribution in [2.24, 2.45) is 0 Å². The molecule has 0 bridgehead atoms. The van der Waals surface area contributed by atoms with Gasteiger partial charge in [-0.25, -0.2) is 0 Å². The van der Waals surface area contributed by atoms with E-state index in [2.05, 4.69) is 5.32 Å². The van der Waals surface area contributed by atoms with Crippen LogP contribution in [0.25, 0.3) is 22.1 Å². The first-order valence-corrected chi connectivity index (χ1v) is 9.29. The summed E-state index contributed by atoms with van der Waals surface area (Å²) in [4.78, 5) is 13.1. The Kier molecular flexibility index (Phi) is 5.02. The molecule has 0 amide bonds. The van der Waals surface area contributed by atoms with E-state index in [9.17, 15) is 4.79 Å². The first-order chi connectivity index (χ1) is 12.8. The van der Waals surface area contributed by atoms with E-state index < -0.39 is 0 Å². The van der Waals surface area contributed by atoms with Crippen molar-refractivity contribution in [2.45, 2.75) is 31.7 Å². The summed E-state index contributed by atoms with van der Waals surface area (Å²) >= 11 is 0. The SMILES string of the molecule is O=c1c(-c2ccccc2)coc2cccc(OCCC3CCCCN3)c12. The minimum absolute atomic E-state index is 0.0520. The van der Waals surface area contributed by atoms with Gasteiger partial charge in [0, 0.05) is 6.04 Å². The molecule has 1 fully saturated rings. The molecule has 0 radical (unpaired) electrons. The quantitative estimate of drug-likeness (QED) is 0.743. The van der Waals surface area contributed by atoms with Gasteiger partial charge in [-0.2, -0.15) is 0 Å². The smallest absolute Gasteiger partial charge is 0.204 e. The molecular weight excluding hydrogens is 326 g/mol. The molecule has 1 saturated heterocycles. The van der Waals surface area contributed by atoms with Crippen LogP contribution in [0.15, 0.2) is 64.0 Å². The fraction of sp³-hybridized carbons (Fsp3) is 0.318. The number of piperidine rings is 1. The number of hydrogen-bond acceptors (Lipinski definition) is 4. The van der Waals surface area contributed by atoms with Crippen LogP contribution in [0.5, 0.6) is 5.75 Å². The second-order valence-electron chi connectivity index (χ2n) is 6.76. The minimum atomic E-state index is -0.0520. The molecule has 134 valence electrons. The molecule has 3 aromatic rings. The van der Waals surface area contributed by atoms with Crippen LogP contribution in [0.4, 0.5) is 0 Å². The van der Waals surface area contributed by atoms with Gasteiger partial charge in [0.15, 0.2) is 0 Å². The lowest BCUT2D eigenvalue weighted by Crippen LogP contribution is -2.35. The molecule has 1 aliphatic heterocycles. The fourth-order valence-corrected chi connectivity index (χ4v) is 3.56. The lowest BCUT2D eigenvalue weighted by atomic mass is 10.0. The van der Waals surface area contributed by atoms with E-state index in [1.165, 1.54) is 25.5 Å². The van der Waals surface area contributed by atoms with E-state index in [4.69, 9.17) is 9.15 Å². The Labute approximate surface area is 152 Å². The average Bonchev–Trinajstić information content (AvgIpc) is 2.70. The molecule has 1 aliphatic rings. The Morgan fingerprint density at radius 1 is 1.08 bits per heavy atom. The summed E-state index contributed by atoms with van der Waals surface area (Å²) in [6.07, 6.45) is 6.20. The van der Waals surface area contributed by atoms with Gasteiger partial charge in [0.1, 0.15) is 23.0 Å². The van der Waals surface area contributed by atoms with Crippen LogP contribution in [0.3, 0.4) is 0 Å². The summed E-state index contributed by atoms with van der Waals surface area (Å²) < 4.78 is 11.7. The molecule has 1 N–H and O–H groups in total. The molecule has 0 aliphatic carbocycles. The minimum Gasteiger partial charge on any atom is -0.493 e. The van der Waals surface area contributed by atoms with E-state index in [0.29, 0.717) is 34.9 Å². The molecule has 2 heterocycles. The number of fused-ring (bicyclic) bond motifs is 1. The molecule has 1 unspecified atom stereocenters. The van der Waals surface area contributed by atoms with Crippen LogP contribution in [-0.2, 0) is 0 Å². The highest BCUT2D eigenvalue weighted by Crippen LogP contribution is 2.26. The van der Waals surface area contributed by atoms with Gasteiger partial charge in [0.25, 0.3) is 0 Å². The van der Waals surface area contributed by atoms with E-state index >= 15 is 0 Å². The Bertz CT molecular complexity index is 927. The van der Waals surface area contributed by atoms with E-state index in [-0.39, 0.29) is 5.43 Å². The van der Waals surface area contributed by atoms with Crippen molar-refractivity contribution in [3.05, 3.63) is 65.0 Å². The average molecular weight is 349 g/mol. The van der Waals surface area contributed by atoms with Crippen LogP contribution in [0.2, 0.25) is 0 Å². The molecule has 4 heteroatoms. The van der Waals surface area contributed by atoms with Gasteiger partial charge in [-0.1, -0.05) is 42.8 Å². The number of benzene rings is 2. The summed E-state index contributed by atoms with van der Waals surface area (Å²) in [6, 6.07) is 15.6. The monoisotopic (exact) mass is 349 g/mol. The van der Waals surface area contributed by atoms with Crippen LogP contribution in [0, 0.1) is 0 Å². The summed E-state index contributed by atoms with van der Waals surface area (Å²) in [5.41, 5.74) is 1.92. The van der Waals surface area contributed by atoms with Crippen molar-refractivity contribution >= 4 is 11.0 Å². The summed E-state index contributed by atoms with van der Waals surface area (Å²) in [5.74, 6) is 0.602. The highest BCUT2D eigenvalue weighted by atomic mass is 16.5. The van der Waals surface area contributed by atoms with Gasteiger partial charge in [0.2, 0.25) is 5.43 Å². The molecule has 0 saturated carbocycles. The highest BCUT2D eigenvalue weighted by molar-refractivity contribution is 5.87. The lowest BCUT2D eigenvalue weighted by molar-refractivity contribution is 0.270. The van der Waals surface area contributed by atoms with Gasteiger partial charge in [-0.3, -0.25) is 4.79 Å². The third kappa shape index (κ3) is 3.51. The molecule has 4 rings (SSSR count). The van der Waals surface area contributed by atoms with Crippen LogP contribution in [0.1, 0.15) is 25.7 Å². The van der Waals surface area contributed by atoms with Gasteiger partial charge in [-0.15, -0.1) is 0 Å². The number of hydrogen-bond donors (Lipinski definition) is 1. The van der Waals surface area contributed by atoms with Crippen molar-refractivity contribution in [1.82, 2.24) is 5.32 Å². The van der Waals surface area contributed by atoms with Gasteiger partial charge >= 0.3 is 0 Å².